The van der Waals surface area contributed by atoms with Crippen LogP contribution in [-0.2, 0) is 20.8 Å². The first-order valence-corrected chi connectivity index (χ1v) is 16.8. The predicted molar refractivity (Wildman–Crippen MR) is 183 cm³/mol. The summed E-state index contributed by atoms with van der Waals surface area (Å²) in [4.78, 5) is 59.3. The molecule has 4 aromatic carbocycles. The first-order valence-electron chi connectivity index (χ1n) is 16.0. The molecule has 2 aliphatic heterocycles. The van der Waals surface area contributed by atoms with Gasteiger partial charge in [0.2, 0.25) is 11.8 Å². The maximum Gasteiger partial charge on any atom is 0.256 e. The number of Topliss-reactive ketones (excluding diaryl/α,β-unsaturated/α-hetero) is 1. The number of rotatable bonds is 8. The van der Waals surface area contributed by atoms with Gasteiger partial charge in [0.05, 0.1) is 24.1 Å². The Hall–Kier alpha value is -5.08. The third-order valence-electron chi connectivity index (χ3n) is 9.34. The lowest BCUT2D eigenvalue weighted by Crippen LogP contribution is -2.54. The van der Waals surface area contributed by atoms with Crippen molar-refractivity contribution in [1.29, 1.82) is 0 Å². The van der Waals surface area contributed by atoms with Crippen LogP contribution < -0.4 is 5.32 Å². The molecule has 1 N–H and O–H groups in total. The smallest absolute Gasteiger partial charge is 0.256 e. The normalized spacial score (nSPS) is 18.0. The van der Waals surface area contributed by atoms with Crippen molar-refractivity contribution < 1.29 is 19.2 Å². The van der Waals surface area contributed by atoms with Crippen molar-refractivity contribution >= 4 is 44.9 Å². The molecule has 3 atom stereocenters. The van der Waals surface area contributed by atoms with E-state index in [0.29, 0.717) is 18.5 Å². The third-order valence-corrected chi connectivity index (χ3v) is 10.3. The zero-order valence-electron chi connectivity index (χ0n) is 26.0. The lowest BCUT2D eigenvalue weighted by Gasteiger charge is -2.29. The van der Waals surface area contributed by atoms with E-state index in [1.165, 1.54) is 11.3 Å². The highest BCUT2D eigenvalue weighted by Gasteiger charge is 2.52. The van der Waals surface area contributed by atoms with Gasteiger partial charge in [0.1, 0.15) is 12.1 Å². The number of nitrogens with zero attached hydrogens (tertiary/aromatic N) is 2. The Balaban J connectivity index is 1.17. The second-order valence-electron chi connectivity index (χ2n) is 12.4. The van der Waals surface area contributed by atoms with E-state index in [1.807, 2.05) is 121 Å². The average molecular weight is 642 g/mol. The third kappa shape index (κ3) is 5.97. The van der Waals surface area contributed by atoms with Crippen LogP contribution in [0.15, 0.2) is 115 Å². The number of carbonyl (C=O) groups excluding carboxylic acids is 4. The van der Waals surface area contributed by atoms with E-state index in [1.54, 1.807) is 9.80 Å². The molecule has 3 amide bonds. The van der Waals surface area contributed by atoms with Crippen LogP contribution in [0.4, 0.5) is 0 Å². The summed E-state index contributed by atoms with van der Waals surface area (Å²) in [7, 11) is 0. The van der Waals surface area contributed by atoms with E-state index >= 15 is 0 Å². The molecule has 7 nitrogen and oxygen atoms in total. The van der Waals surface area contributed by atoms with Crippen molar-refractivity contribution in [2.45, 2.75) is 43.8 Å². The molecule has 3 heterocycles. The van der Waals surface area contributed by atoms with Crippen molar-refractivity contribution in [1.82, 2.24) is 15.1 Å². The second kappa shape index (κ2) is 13.0. The number of fused-ring (bicyclic) bond motifs is 2. The highest BCUT2D eigenvalue weighted by molar-refractivity contribution is 7.17. The Bertz CT molecular complexity index is 1920. The molecule has 0 bridgehead atoms. The van der Waals surface area contributed by atoms with Crippen LogP contribution in [-0.4, -0.2) is 64.5 Å². The molecular weight excluding hydrogens is 607 g/mol. The van der Waals surface area contributed by atoms with Gasteiger partial charge in [-0.25, -0.2) is 0 Å². The Morgan fingerprint density at radius 3 is 2.23 bits per heavy atom. The Morgan fingerprint density at radius 1 is 0.851 bits per heavy atom. The summed E-state index contributed by atoms with van der Waals surface area (Å²) >= 11 is 1.51. The highest BCUT2D eigenvalue weighted by atomic mass is 32.1. The summed E-state index contributed by atoms with van der Waals surface area (Å²) < 4.78 is 1.01. The molecule has 0 saturated carbocycles. The zero-order chi connectivity index (χ0) is 32.5. The van der Waals surface area contributed by atoms with Crippen LogP contribution in [0.25, 0.3) is 10.1 Å². The molecule has 2 saturated heterocycles. The first kappa shape index (κ1) is 30.6. The number of amides is 3. The summed E-state index contributed by atoms with van der Waals surface area (Å²) in [5, 5.41) is 5.83. The van der Waals surface area contributed by atoms with Crippen LogP contribution in [0, 0.1) is 6.92 Å². The summed E-state index contributed by atoms with van der Waals surface area (Å²) in [6, 6.07) is 32.7. The van der Waals surface area contributed by atoms with E-state index in [9.17, 15) is 19.2 Å². The van der Waals surface area contributed by atoms with Crippen molar-refractivity contribution in [3.05, 3.63) is 142 Å². The van der Waals surface area contributed by atoms with E-state index in [-0.39, 0.29) is 36.5 Å². The highest BCUT2D eigenvalue weighted by Crippen LogP contribution is 2.34. The number of hydrogen-bond acceptors (Lipinski definition) is 5. The molecule has 8 heteroatoms. The number of hydrogen-bond donors (Lipinski definition) is 1. The van der Waals surface area contributed by atoms with Gasteiger partial charge in [-0.15, -0.1) is 11.3 Å². The maximum absolute atomic E-state index is 14.5. The van der Waals surface area contributed by atoms with E-state index in [0.717, 1.165) is 32.3 Å². The van der Waals surface area contributed by atoms with Crippen LogP contribution in [0.3, 0.4) is 0 Å². The molecular formula is C39H35N3O4S. The number of nitrogens with one attached hydrogen (secondary N) is 1. The molecule has 2 fully saturated rings. The van der Waals surface area contributed by atoms with Crippen LogP contribution in [0.5, 0.6) is 0 Å². The number of thiophene rings is 1. The van der Waals surface area contributed by atoms with Crippen LogP contribution in [0.2, 0.25) is 0 Å². The van der Waals surface area contributed by atoms with Crippen molar-refractivity contribution in [3.63, 3.8) is 0 Å². The zero-order valence-corrected chi connectivity index (χ0v) is 26.9. The standard InChI is InChI=1S/C39H35N3O4S/c1-25-11-10-12-26(21-25)22-31(40-37(44)35(27-13-4-2-5-14-27)28-15-6-3-7-16-28)39(46)41-20-19-32-36(41)33(43)23-42(32)38(45)30-24-47-34-18-9-8-17-29(30)34/h2-18,21,24,31-32,35-36H,19-20,22-23H2,1H3,(H,40,44)/t31-,32+,36-/m0/s1. The molecule has 1 aromatic heterocycles. The molecule has 2 aliphatic rings. The number of aryl methyl sites for hydroxylation is 1. The van der Waals surface area contributed by atoms with Crippen molar-refractivity contribution in [2.75, 3.05) is 13.1 Å². The van der Waals surface area contributed by atoms with Gasteiger partial charge >= 0.3 is 0 Å². The van der Waals surface area contributed by atoms with E-state index < -0.39 is 24.0 Å². The molecule has 0 unspecified atom stereocenters. The summed E-state index contributed by atoms with van der Waals surface area (Å²) in [6.07, 6.45) is 0.770. The number of ketones is 1. The van der Waals surface area contributed by atoms with Gasteiger partial charge in [-0.3, -0.25) is 19.2 Å². The predicted octanol–water partition coefficient (Wildman–Crippen LogP) is 5.76. The van der Waals surface area contributed by atoms with Gasteiger partial charge in [-0.2, -0.15) is 0 Å². The average Bonchev–Trinajstić information content (AvgIpc) is 3.80. The summed E-state index contributed by atoms with van der Waals surface area (Å²) in [6.45, 7) is 2.28. The number of likely N-dealkylation sites (tertiary alicyclic amines) is 2. The summed E-state index contributed by atoms with van der Waals surface area (Å²) in [5.74, 6) is -1.56. The minimum atomic E-state index is -0.906. The Morgan fingerprint density at radius 2 is 1.53 bits per heavy atom. The molecule has 0 aliphatic carbocycles. The molecule has 7 rings (SSSR count). The Kier molecular flexibility index (Phi) is 8.43. The monoisotopic (exact) mass is 641 g/mol. The molecule has 47 heavy (non-hydrogen) atoms. The van der Waals surface area contributed by atoms with Crippen LogP contribution >= 0.6 is 11.3 Å². The van der Waals surface area contributed by atoms with E-state index in [4.69, 9.17) is 0 Å². The summed E-state index contributed by atoms with van der Waals surface area (Å²) in [5.41, 5.74) is 4.19. The lowest BCUT2D eigenvalue weighted by molar-refractivity contribution is -0.140. The van der Waals surface area contributed by atoms with Crippen LogP contribution in [0.1, 0.15) is 45.0 Å². The van der Waals surface area contributed by atoms with Crippen molar-refractivity contribution in [2.24, 2.45) is 0 Å². The van der Waals surface area contributed by atoms with Crippen molar-refractivity contribution in [3.8, 4) is 0 Å². The molecule has 0 radical (unpaired) electrons. The first-order chi connectivity index (χ1) is 22.9. The fraction of sp³-hybridized carbons (Fsp3) is 0.231. The van der Waals surface area contributed by atoms with E-state index in [2.05, 4.69) is 5.32 Å². The second-order valence-corrected chi connectivity index (χ2v) is 13.3. The SMILES string of the molecule is Cc1cccc(C[C@H](NC(=O)C(c2ccccc2)c2ccccc2)C(=O)N2CC[C@@H]3[C@H]2C(=O)CN3C(=O)c2csc3ccccc23)c1. The Labute approximate surface area is 277 Å². The number of carbonyl (C=O) groups is 4. The molecule has 0 spiro atoms. The topological polar surface area (TPSA) is 86.8 Å². The van der Waals surface area contributed by atoms with Gasteiger partial charge in [0.25, 0.3) is 5.91 Å². The molecule has 5 aromatic rings. The van der Waals surface area contributed by atoms with Gasteiger partial charge < -0.3 is 15.1 Å². The quantitative estimate of drug-likeness (QED) is 0.233. The lowest BCUT2D eigenvalue weighted by atomic mass is 9.90. The largest absolute Gasteiger partial charge is 0.343 e. The minimum absolute atomic E-state index is 0.0406. The van der Waals surface area contributed by atoms with Gasteiger partial charge in [-0.05, 0) is 36.1 Å². The maximum atomic E-state index is 14.5. The van der Waals surface area contributed by atoms with Gasteiger partial charge in [-0.1, -0.05) is 109 Å². The van der Waals surface area contributed by atoms with Gasteiger partial charge in [0, 0.05) is 28.4 Å². The number of benzene rings is 4. The minimum Gasteiger partial charge on any atom is -0.343 e. The van der Waals surface area contributed by atoms with Gasteiger partial charge in [0.15, 0.2) is 5.78 Å². The molecule has 236 valence electrons. The fourth-order valence-electron chi connectivity index (χ4n) is 7.15. The fourth-order valence-corrected chi connectivity index (χ4v) is 8.09.